The lowest BCUT2D eigenvalue weighted by atomic mass is 10.2. The molecule has 0 saturated carbocycles. The predicted molar refractivity (Wildman–Crippen MR) is 77.0 cm³/mol. The zero-order chi connectivity index (χ0) is 14.7. The molecule has 0 radical (unpaired) electrons. The average molecular weight is 316 g/mol. The van der Waals surface area contributed by atoms with Gasteiger partial charge in [-0.15, -0.1) is 0 Å². The maximum absolute atomic E-state index is 12.1. The molecular weight excluding hydrogens is 301 g/mol. The Bertz CT molecular complexity index is 536. The van der Waals surface area contributed by atoms with E-state index in [1.807, 2.05) is 6.92 Å². The molecule has 2 rings (SSSR count). The van der Waals surface area contributed by atoms with Crippen molar-refractivity contribution >= 4 is 35.0 Å². The summed E-state index contributed by atoms with van der Waals surface area (Å²) in [5.74, 6) is -0.185. The fraction of sp³-hybridized carbons (Fsp3) is 0.462. The number of halogens is 2. The fourth-order valence-electron chi connectivity index (χ4n) is 2.16. The van der Waals surface area contributed by atoms with E-state index in [-0.39, 0.29) is 33.7 Å². The summed E-state index contributed by atoms with van der Waals surface area (Å²) in [7, 11) is 0. The van der Waals surface area contributed by atoms with Gasteiger partial charge in [-0.2, -0.15) is 0 Å². The second-order valence-electron chi connectivity index (χ2n) is 4.79. The lowest BCUT2D eigenvalue weighted by molar-refractivity contribution is -0.127. The summed E-state index contributed by atoms with van der Waals surface area (Å²) in [5.41, 5.74) is 0.274. The zero-order valence-corrected chi connectivity index (χ0v) is 12.5. The molecule has 1 fully saturated rings. The first-order chi connectivity index (χ1) is 9.47. The smallest absolute Gasteiger partial charge is 0.254 e. The lowest BCUT2D eigenvalue weighted by Gasteiger charge is -2.21. The third-order valence-electron chi connectivity index (χ3n) is 3.10. The van der Waals surface area contributed by atoms with E-state index in [9.17, 15) is 9.59 Å². The van der Waals surface area contributed by atoms with E-state index in [0.29, 0.717) is 13.0 Å². The molecule has 0 bridgehead atoms. The Balaban J connectivity index is 1.95. The second-order valence-corrected chi connectivity index (χ2v) is 5.54. The van der Waals surface area contributed by atoms with Crippen molar-refractivity contribution in [2.45, 2.75) is 25.8 Å². The molecule has 108 valence electrons. The topological polar surface area (TPSA) is 62.3 Å². The van der Waals surface area contributed by atoms with Crippen LogP contribution in [-0.4, -0.2) is 40.8 Å². The highest BCUT2D eigenvalue weighted by molar-refractivity contribution is 6.34. The van der Waals surface area contributed by atoms with Crippen molar-refractivity contribution in [3.63, 3.8) is 0 Å². The van der Waals surface area contributed by atoms with Crippen molar-refractivity contribution in [3.8, 4) is 0 Å². The number of hydrogen-bond donors (Lipinski definition) is 1. The van der Waals surface area contributed by atoms with E-state index in [1.165, 1.54) is 12.1 Å². The Morgan fingerprint density at radius 2 is 2.25 bits per heavy atom. The first kappa shape index (κ1) is 15.1. The van der Waals surface area contributed by atoms with E-state index in [1.54, 1.807) is 4.90 Å². The summed E-state index contributed by atoms with van der Waals surface area (Å²) in [6.07, 6.45) is 1.47. The molecule has 1 aromatic rings. The molecular formula is C13H15Cl2N3O2. The third-order valence-corrected chi connectivity index (χ3v) is 3.60. The van der Waals surface area contributed by atoms with Gasteiger partial charge < -0.3 is 10.2 Å². The van der Waals surface area contributed by atoms with Gasteiger partial charge in [-0.05, 0) is 25.5 Å². The van der Waals surface area contributed by atoms with Crippen LogP contribution in [0.4, 0.5) is 0 Å². The predicted octanol–water partition coefficient (Wildman–Crippen LogP) is 2.13. The molecule has 1 aromatic heterocycles. The number of hydrogen-bond acceptors (Lipinski definition) is 3. The molecule has 1 unspecified atom stereocenters. The van der Waals surface area contributed by atoms with Crippen molar-refractivity contribution in [1.82, 2.24) is 15.2 Å². The van der Waals surface area contributed by atoms with Gasteiger partial charge in [0.15, 0.2) is 0 Å². The number of carbonyl (C=O) groups excluding carboxylic acids is 2. The number of rotatable bonds is 4. The van der Waals surface area contributed by atoms with Crippen molar-refractivity contribution in [2.75, 3.05) is 13.1 Å². The van der Waals surface area contributed by atoms with Crippen LogP contribution in [0.1, 0.15) is 30.1 Å². The lowest BCUT2D eigenvalue weighted by Crippen LogP contribution is -2.42. The summed E-state index contributed by atoms with van der Waals surface area (Å²) in [4.78, 5) is 29.2. The van der Waals surface area contributed by atoms with Crippen LogP contribution in [0.25, 0.3) is 0 Å². The minimum atomic E-state index is -0.321. The van der Waals surface area contributed by atoms with Crippen molar-refractivity contribution < 1.29 is 9.59 Å². The standard InChI is InChI=1S/C13H15Cl2N3O2/c1-8(7-18-6-2-3-11(18)19)16-13(20)9-4-5-10(14)17-12(9)15/h4-5,8H,2-3,6-7H2,1H3,(H,16,20). The van der Waals surface area contributed by atoms with E-state index in [0.717, 1.165) is 13.0 Å². The molecule has 0 spiro atoms. The highest BCUT2D eigenvalue weighted by atomic mass is 35.5. The molecule has 1 saturated heterocycles. The average Bonchev–Trinajstić information content (AvgIpc) is 2.74. The highest BCUT2D eigenvalue weighted by Crippen LogP contribution is 2.17. The number of aromatic nitrogens is 1. The number of pyridine rings is 1. The quantitative estimate of drug-likeness (QED) is 0.866. The van der Waals surface area contributed by atoms with Gasteiger partial charge in [-0.1, -0.05) is 23.2 Å². The summed E-state index contributed by atoms with van der Waals surface area (Å²) in [5, 5.41) is 3.11. The first-order valence-corrected chi connectivity index (χ1v) is 7.13. The molecule has 7 heteroatoms. The van der Waals surface area contributed by atoms with Gasteiger partial charge in [0.25, 0.3) is 5.91 Å². The first-order valence-electron chi connectivity index (χ1n) is 6.38. The van der Waals surface area contributed by atoms with Crippen LogP contribution in [0, 0.1) is 0 Å². The minimum absolute atomic E-state index is 0.0689. The van der Waals surface area contributed by atoms with Gasteiger partial charge >= 0.3 is 0 Å². The van der Waals surface area contributed by atoms with Gasteiger partial charge in [-0.3, -0.25) is 9.59 Å². The van der Waals surface area contributed by atoms with E-state index in [2.05, 4.69) is 10.3 Å². The highest BCUT2D eigenvalue weighted by Gasteiger charge is 2.23. The Hall–Kier alpha value is -1.33. The van der Waals surface area contributed by atoms with Crippen LogP contribution in [0.15, 0.2) is 12.1 Å². The largest absolute Gasteiger partial charge is 0.348 e. The van der Waals surface area contributed by atoms with Gasteiger partial charge in [0.05, 0.1) is 5.56 Å². The zero-order valence-electron chi connectivity index (χ0n) is 11.0. The molecule has 5 nitrogen and oxygen atoms in total. The summed E-state index contributed by atoms with van der Waals surface area (Å²) in [6, 6.07) is 2.88. The van der Waals surface area contributed by atoms with Crippen molar-refractivity contribution in [2.24, 2.45) is 0 Å². The molecule has 0 aromatic carbocycles. The van der Waals surface area contributed by atoms with Crippen molar-refractivity contribution in [3.05, 3.63) is 28.0 Å². The van der Waals surface area contributed by atoms with Crippen LogP contribution < -0.4 is 5.32 Å². The van der Waals surface area contributed by atoms with Gasteiger partial charge in [0, 0.05) is 25.6 Å². The second kappa shape index (κ2) is 6.41. The minimum Gasteiger partial charge on any atom is -0.348 e. The van der Waals surface area contributed by atoms with Gasteiger partial charge in [-0.25, -0.2) is 4.98 Å². The number of amides is 2. The summed E-state index contributed by atoms with van der Waals surface area (Å²) < 4.78 is 0. The Morgan fingerprint density at radius 3 is 2.85 bits per heavy atom. The number of likely N-dealkylation sites (tertiary alicyclic amines) is 1. The van der Waals surface area contributed by atoms with Crippen LogP contribution in [0.5, 0.6) is 0 Å². The SMILES string of the molecule is CC(CN1CCCC1=O)NC(=O)c1ccc(Cl)nc1Cl. The van der Waals surface area contributed by atoms with E-state index < -0.39 is 0 Å². The fourth-order valence-corrected chi connectivity index (χ4v) is 2.59. The Labute approximate surface area is 127 Å². The Kier molecular flexibility index (Phi) is 4.83. The number of carbonyl (C=O) groups is 2. The normalized spacial score (nSPS) is 16.4. The van der Waals surface area contributed by atoms with E-state index in [4.69, 9.17) is 23.2 Å². The summed E-state index contributed by atoms with van der Waals surface area (Å²) >= 11 is 11.6. The molecule has 1 aliphatic heterocycles. The van der Waals surface area contributed by atoms with Crippen LogP contribution in [-0.2, 0) is 4.79 Å². The van der Waals surface area contributed by atoms with Crippen LogP contribution in [0.3, 0.4) is 0 Å². The Morgan fingerprint density at radius 1 is 1.50 bits per heavy atom. The molecule has 2 amide bonds. The molecule has 20 heavy (non-hydrogen) atoms. The summed E-state index contributed by atoms with van der Waals surface area (Å²) in [6.45, 7) is 3.10. The van der Waals surface area contributed by atoms with E-state index >= 15 is 0 Å². The maximum Gasteiger partial charge on any atom is 0.254 e. The molecule has 1 atom stereocenters. The van der Waals surface area contributed by atoms with Crippen LogP contribution in [0.2, 0.25) is 10.3 Å². The molecule has 2 heterocycles. The third kappa shape index (κ3) is 3.61. The molecule has 0 aliphatic carbocycles. The van der Waals surface area contributed by atoms with Crippen LogP contribution >= 0.6 is 23.2 Å². The molecule has 1 N–H and O–H groups in total. The number of nitrogens with one attached hydrogen (secondary N) is 1. The monoisotopic (exact) mass is 315 g/mol. The van der Waals surface area contributed by atoms with Crippen molar-refractivity contribution in [1.29, 1.82) is 0 Å². The molecule has 1 aliphatic rings. The number of nitrogens with zero attached hydrogens (tertiary/aromatic N) is 2. The maximum atomic E-state index is 12.1. The van der Waals surface area contributed by atoms with Gasteiger partial charge in [0.2, 0.25) is 5.91 Å². The van der Waals surface area contributed by atoms with Gasteiger partial charge in [0.1, 0.15) is 10.3 Å².